The van der Waals surface area contributed by atoms with E-state index >= 15 is 0 Å². The van der Waals surface area contributed by atoms with Crippen LogP contribution < -0.4 is 4.90 Å². The summed E-state index contributed by atoms with van der Waals surface area (Å²) in [5.41, 5.74) is 2.95. The van der Waals surface area contributed by atoms with Gasteiger partial charge in [-0.3, -0.25) is 4.90 Å². The zero-order valence-electron chi connectivity index (χ0n) is 13.5. The van der Waals surface area contributed by atoms with Crippen LogP contribution in [0.2, 0.25) is 0 Å². The summed E-state index contributed by atoms with van der Waals surface area (Å²) in [6, 6.07) is 1.87. The lowest BCUT2D eigenvalue weighted by atomic mass is 9.85. The van der Waals surface area contributed by atoms with Crippen LogP contribution in [0.25, 0.3) is 0 Å². The molecule has 1 aromatic rings. The highest BCUT2D eigenvalue weighted by Crippen LogP contribution is 2.28. The molecule has 0 unspecified atom stereocenters. The Hall–Kier alpha value is -1.68. The van der Waals surface area contributed by atoms with Crippen LogP contribution in [-0.2, 0) is 0 Å². The largest absolute Gasteiger partial charge is 0.338 e. The molecule has 0 spiro atoms. The molecule has 0 aromatic carbocycles. The van der Waals surface area contributed by atoms with Crippen LogP contribution in [0.3, 0.4) is 0 Å². The van der Waals surface area contributed by atoms with E-state index < -0.39 is 0 Å². The predicted octanol–water partition coefficient (Wildman–Crippen LogP) is 2.90. The topological polar surface area (TPSA) is 32.3 Å². The van der Waals surface area contributed by atoms with Crippen LogP contribution >= 0.6 is 0 Å². The Balaban J connectivity index is 1.48. The first-order valence-electron chi connectivity index (χ1n) is 8.30. The maximum absolute atomic E-state index is 4.34. The number of aromatic nitrogens is 2. The smallest absolute Gasteiger partial charge is 0.225 e. The van der Waals surface area contributed by atoms with Crippen molar-refractivity contribution in [3.8, 4) is 0 Å². The van der Waals surface area contributed by atoms with Gasteiger partial charge in [0.2, 0.25) is 5.95 Å². The van der Waals surface area contributed by atoms with Gasteiger partial charge in [-0.15, -0.1) is 0 Å². The van der Waals surface area contributed by atoms with Crippen molar-refractivity contribution in [1.29, 1.82) is 0 Å². The second-order valence-electron chi connectivity index (χ2n) is 6.49. The van der Waals surface area contributed by atoms with Crippen LogP contribution in [0.15, 0.2) is 42.3 Å². The van der Waals surface area contributed by atoms with E-state index in [4.69, 9.17) is 0 Å². The molecular formula is C18H26N4. The van der Waals surface area contributed by atoms with E-state index in [1.54, 1.807) is 5.57 Å². The highest BCUT2D eigenvalue weighted by atomic mass is 15.3. The van der Waals surface area contributed by atoms with Crippen molar-refractivity contribution in [3.05, 3.63) is 42.3 Å². The minimum absolute atomic E-state index is 0.704. The summed E-state index contributed by atoms with van der Waals surface area (Å²) < 4.78 is 0. The lowest BCUT2D eigenvalue weighted by molar-refractivity contribution is 0.271. The first kappa shape index (κ1) is 15.2. The van der Waals surface area contributed by atoms with Crippen molar-refractivity contribution >= 4 is 5.95 Å². The molecule has 1 aliphatic heterocycles. The molecule has 2 aliphatic rings. The SMILES string of the molecule is C=C(C)[C@@H]1CC=C(CN2CCN(c3ncccn3)CC2)CC1. The van der Waals surface area contributed by atoms with E-state index in [1.165, 1.54) is 24.8 Å². The summed E-state index contributed by atoms with van der Waals surface area (Å²) in [6.45, 7) is 11.6. The van der Waals surface area contributed by atoms with E-state index in [1.807, 2.05) is 18.5 Å². The second-order valence-corrected chi connectivity index (χ2v) is 6.49. The van der Waals surface area contributed by atoms with E-state index in [0.29, 0.717) is 5.92 Å². The van der Waals surface area contributed by atoms with Crippen LogP contribution in [0.4, 0.5) is 5.95 Å². The standard InChI is InChI=1S/C18H26N4/c1-15(2)17-6-4-16(5-7-17)14-21-10-12-22(13-11-21)18-19-8-3-9-20-18/h3-4,8-9,17H,1,5-7,10-14H2,2H3/t17-/m1/s1. The fraction of sp³-hybridized carbons (Fsp3) is 0.556. The maximum Gasteiger partial charge on any atom is 0.225 e. The number of hydrogen-bond acceptors (Lipinski definition) is 4. The normalized spacial score (nSPS) is 23.2. The molecular weight excluding hydrogens is 272 g/mol. The Morgan fingerprint density at radius 2 is 1.95 bits per heavy atom. The van der Waals surface area contributed by atoms with Gasteiger partial charge in [-0.1, -0.05) is 23.8 Å². The summed E-state index contributed by atoms with van der Waals surface area (Å²) in [5, 5.41) is 0. The van der Waals surface area contributed by atoms with E-state index in [9.17, 15) is 0 Å². The third-order valence-corrected chi connectivity index (χ3v) is 4.84. The average molecular weight is 298 g/mol. The van der Waals surface area contributed by atoms with Gasteiger partial charge in [0, 0.05) is 45.1 Å². The Kier molecular flexibility index (Phi) is 4.88. The molecule has 0 saturated carbocycles. The number of piperazine rings is 1. The van der Waals surface area contributed by atoms with Crippen molar-refractivity contribution in [1.82, 2.24) is 14.9 Å². The van der Waals surface area contributed by atoms with Crippen molar-refractivity contribution in [2.45, 2.75) is 26.2 Å². The van der Waals surface area contributed by atoms with E-state index in [0.717, 1.165) is 38.7 Å². The molecule has 1 atom stereocenters. The highest BCUT2D eigenvalue weighted by Gasteiger charge is 2.21. The number of hydrogen-bond donors (Lipinski definition) is 0. The molecule has 2 heterocycles. The summed E-state index contributed by atoms with van der Waals surface area (Å²) in [7, 11) is 0. The van der Waals surface area contributed by atoms with Gasteiger partial charge in [0.1, 0.15) is 0 Å². The molecule has 4 heteroatoms. The molecule has 4 nitrogen and oxygen atoms in total. The van der Waals surface area contributed by atoms with Crippen LogP contribution in [-0.4, -0.2) is 47.6 Å². The maximum atomic E-state index is 4.34. The molecule has 1 aliphatic carbocycles. The summed E-state index contributed by atoms with van der Waals surface area (Å²) in [6.07, 6.45) is 9.79. The van der Waals surface area contributed by atoms with Gasteiger partial charge in [-0.25, -0.2) is 9.97 Å². The minimum Gasteiger partial charge on any atom is -0.338 e. The lowest BCUT2D eigenvalue weighted by Crippen LogP contribution is -2.47. The number of anilines is 1. The molecule has 0 bridgehead atoms. The fourth-order valence-corrected chi connectivity index (χ4v) is 3.33. The molecule has 1 saturated heterocycles. The predicted molar refractivity (Wildman–Crippen MR) is 90.9 cm³/mol. The third-order valence-electron chi connectivity index (χ3n) is 4.84. The molecule has 0 amide bonds. The zero-order valence-corrected chi connectivity index (χ0v) is 13.5. The number of nitrogens with zero attached hydrogens (tertiary/aromatic N) is 4. The van der Waals surface area contributed by atoms with Gasteiger partial charge in [0.05, 0.1) is 0 Å². The van der Waals surface area contributed by atoms with Gasteiger partial charge in [-0.05, 0) is 38.2 Å². The van der Waals surface area contributed by atoms with Gasteiger partial charge in [-0.2, -0.15) is 0 Å². The summed E-state index contributed by atoms with van der Waals surface area (Å²) in [4.78, 5) is 13.5. The number of rotatable bonds is 4. The van der Waals surface area contributed by atoms with Gasteiger partial charge in [0.15, 0.2) is 0 Å². The molecule has 1 aromatic heterocycles. The third kappa shape index (κ3) is 3.74. The molecule has 3 rings (SSSR count). The lowest BCUT2D eigenvalue weighted by Gasteiger charge is -2.35. The molecule has 22 heavy (non-hydrogen) atoms. The second kappa shape index (κ2) is 7.05. The fourth-order valence-electron chi connectivity index (χ4n) is 3.33. The first-order valence-corrected chi connectivity index (χ1v) is 8.30. The van der Waals surface area contributed by atoms with Crippen molar-refractivity contribution in [2.24, 2.45) is 5.92 Å². The Labute approximate surface area is 133 Å². The molecule has 0 radical (unpaired) electrons. The molecule has 1 fully saturated rings. The van der Waals surface area contributed by atoms with Crippen molar-refractivity contribution in [2.75, 3.05) is 37.6 Å². The van der Waals surface area contributed by atoms with Crippen LogP contribution in [0.5, 0.6) is 0 Å². The highest BCUT2D eigenvalue weighted by molar-refractivity contribution is 5.29. The average Bonchev–Trinajstić information content (AvgIpc) is 2.57. The monoisotopic (exact) mass is 298 g/mol. The summed E-state index contributed by atoms with van der Waals surface area (Å²) >= 11 is 0. The van der Waals surface area contributed by atoms with E-state index in [-0.39, 0.29) is 0 Å². The van der Waals surface area contributed by atoms with Gasteiger partial charge < -0.3 is 4.90 Å². The van der Waals surface area contributed by atoms with Gasteiger partial charge in [0.25, 0.3) is 0 Å². The van der Waals surface area contributed by atoms with Gasteiger partial charge >= 0.3 is 0 Å². The van der Waals surface area contributed by atoms with Crippen LogP contribution in [0, 0.1) is 5.92 Å². The number of allylic oxidation sites excluding steroid dienone is 2. The quantitative estimate of drug-likeness (QED) is 0.800. The van der Waals surface area contributed by atoms with Crippen molar-refractivity contribution in [3.63, 3.8) is 0 Å². The minimum atomic E-state index is 0.704. The first-order chi connectivity index (χ1) is 10.7. The van der Waals surface area contributed by atoms with Crippen LogP contribution in [0.1, 0.15) is 26.2 Å². The zero-order chi connectivity index (χ0) is 15.4. The van der Waals surface area contributed by atoms with E-state index in [2.05, 4.69) is 39.3 Å². The Bertz CT molecular complexity index is 529. The molecule has 0 N–H and O–H groups in total. The molecule has 118 valence electrons. The van der Waals surface area contributed by atoms with Crippen molar-refractivity contribution < 1.29 is 0 Å². The summed E-state index contributed by atoms with van der Waals surface area (Å²) in [5.74, 6) is 1.57. The Morgan fingerprint density at radius 1 is 1.23 bits per heavy atom. The Morgan fingerprint density at radius 3 is 2.55 bits per heavy atom.